The van der Waals surface area contributed by atoms with Crippen LogP contribution in [-0.4, -0.2) is 5.84 Å². The smallest absolute Gasteiger partial charge is 0.136 e. The number of nitrogens with one attached hydrogen (secondary N) is 2. The number of benzene rings is 10. The third-order valence-electron chi connectivity index (χ3n) is 12.1. The van der Waals surface area contributed by atoms with E-state index in [0.717, 1.165) is 61.0 Å². The number of fused-ring (bicyclic) bond motifs is 8. The Labute approximate surface area is 341 Å². The summed E-state index contributed by atoms with van der Waals surface area (Å²) >= 11 is 0. The Morgan fingerprint density at radius 1 is 0.390 bits per heavy atom. The van der Waals surface area contributed by atoms with Crippen LogP contribution in [0.5, 0.6) is 0 Å². The largest absolute Gasteiger partial charge is 0.456 e. The van der Waals surface area contributed by atoms with Gasteiger partial charge in [-0.1, -0.05) is 164 Å². The molecule has 0 fully saturated rings. The summed E-state index contributed by atoms with van der Waals surface area (Å²) in [5.41, 5.74) is 9.53. The minimum absolute atomic E-state index is 0.184. The Balaban J connectivity index is 1.01. The fraction of sp³-hybridized carbons (Fsp3) is 0.0364. The van der Waals surface area contributed by atoms with Crippen molar-refractivity contribution in [2.75, 3.05) is 0 Å². The zero-order chi connectivity index (χ0) is 38.9. The lowest BCUT2D eigenvalue weighted by atomic mass is 9.93. The molecule has 4 heteroatoms. The third-order valence-corrected chi connectivity index (χ3v) is 12.1. The summed E-state index contributed by atoms with van der Waals surface area (Å²) in [4.78, 5) is 5.35. The van der Waals surface area contributed by atoms with Gasteiger partial charge in [-0.2, -0.15) is 0 Å². The maximum atomic E-state index is 6.80. The van der Waals surface area contributed by atoms with Crippen LogP contribution in [0.2, 0.25) is 0 Å². The van der Waals surface area contributed by atoms with E-state index in [4.69, 9.17) is 9.41 Å². The van der Waals surface area contributed by atoms with Gasteiger partial charge in [0.2, 0.25) is 0 Å². The number of nitrogens with zero attached hydrogens (tertiary/aromatic N) is 1. The van der Waals surface area contributed by atoms with Gasteiger partial charge in [-0.05, 0) is 113 Å². The van der Waals surface area contributed by atoms with E-state index in [1.165, 1.54) is 48.8 Å². The number of hydrogen-bond acceptors (Lipinski definition) is 4. The van der Waals surface area contributed by atoms with Crippen molar-refractivity contribution in [2.45, 2.75) is 12.3 Å². The van der Waals surface area contributed by atoms with Crippen molar-refractivity contribution in [1.82, 2.24) is 10.6 Å². The first-order valence-corrected chi connectivity index (χ1v) is 20.2. The molecule has 0 aliphatic carbocycles. The summed E-state index contributed by atoms with van der Waals surface area (Å²) in [5, 5.41) is 19.6. The molecule has 0 bridgehead atoms. The predicted octanol–water partition coefficient (Wildman–Crippen LogP) is 13.9. The number of furan rings is 1. The van der Waals surface area contributed by atoms with E-state index >= 15 is 0 Å². The molecule has 1 aliphatic heterocycles. The van der Waals surface area contributed by atoms with Gasteiger partial charge in [-0.15, -0.1) is 0 Å². The zero-order valence-corrected chi connectivity index (χ0v) is 32.1. The van der Waals surface area contributed by atoms with Crippen molar-refractivity contribution in [3.05, 3.63) is 217 Å². The van der Waals surface area contributed by atoms with Gasteiger partial charge in [0.05, 0.1) is 0 Å². The molecule has 4 nitrogen and oxygen atoms in total. The lowest BCUT2D eigenvalue weighted by molar-refractivity contribution is 0.409. The Kier molecular flexibility index (Phi) is 7.72. The van der Waals surface area contributed by atoms with Gasteiger partial charge < -0.3 is 9.73 Å². The highest BCUT2D eigenvalue weighted by Crippen LogP contribution is 2.42. The highest BCUT2D eigenvalue weighted by Gasteiger charge is 2.27. The Bertz CT molecular complexity index is 3460. The standard InChI is InChI=1S/C55H37N3O/c1-2-12-39(13-3-1)53-56-54(44-27-20-34-10-4-5-14-40(34)28-44)58-55(57-53)45-31-48(52-49-30-41-15-6-7-16-42(41)32-50(49)59-51(52)33-45)38-21-18-35(19-22-38)43-26-25-37-24-23-36-11-8-9-17-46(36)47(37)29-43/h1-33,54-55,58H,(H,56,57). The maximum absolute atomic E-state index is 6.80. The van der Waals surface area contributed by atoms with E-state index in [1.54, 1.807) is 0 Å². The summed E-state index contributed by atoms with van der Waals surface area (Å²) in [6.45, 7) is 0. The third kappa shape index (κ3) is 5.84. The number of rotatable bonds is 5. The fourth-order valence-corrected chi connectivity index (χ4v) is 9.05. The highest BCUT2D eigenvalue weighted by atomic mass is 16.3. The molecule has 2 unspecified atom stereocenters. The van der Waals surface area contributed by atoms with Gasteiger partial charge in [-0.3, -0.25) is 5.32 Å². The summed E-state index contributed by atoms with van der Waals surface area (Å²) in [6.07, 6.45) is -0.541. The molecule has 11 aromatic rings. The van der Waals surface area contributed by atoms with Crippen LogP contribution in [0.1, 0.15) is 29.0 Å². The molecular weight excluding hydrogens is 719 g/mol. The second-order valence-electron chi connectivity index (χ2n) is 15.6. The van der Waals surface area contributed by atoms with E-state index in [-0.39, 0.29) is 12.3 Å². The van der Waals surface area contributed by atoms with Crippen LogP contribution >= 0.6 is 0 Å². The van der Waals surface area contributed by atoms with Crippen molar-refractivity contribution in [3.8, 4) is 22.3 Å². The van der Waals surface area contributed by atoms with Crippen molar-refractivity contribution in [2.24, 2.45) is 4.99 Å². The van der Waals surface area contributed by atoms with Gasteiger partial charge in [-0.25, -0.2) is 4.99 Å². The Morgan fingerprint density at radius 3 is 1.83 bits per heavy atom. The van der Waals surface area contributed by atoms with Crippen molar-refractivity contribution >= 4 is 70.9 Å². The van der Waals surface area contributed by atoms with Crippen molar-refractivity contribution in [1.29, 1.82) is 0 Å². The molecule has 10 aromatic carbocycles. The lowest BCUT2D eigenvalue weighted by Gasteiger charge is -2.32. The normalized spacial score (nSPS) is 15.6. The predicted molar refractivity (Wildman–Crippen MR) is 246 cm³/mol. The van der Waals surface area contributed by atoms with Gasteiger partial charge in [0.1, 0.15) is 29.3 Å². The summed E-state index contributed by atoms with van der Waals surface area (Å²) in [5.74, 6) is 0.845. The molecule has 278 valence electrons. The van der Waals surface area contributed by atoms with E-state index in [2.05, 4.69) is 205 Å². The van der Waals surface area contributed by atoms with Crippen LogP contribution in [0, 0.1) is 0 Å². The lowest BCUT2D eigenvalue weighted by Crippen LogP contribution is -2.44. The molecule has 2 atom stereocenters. The summed E-state index contributed by atoms with van der Waals surface area (Å²) in [7, 11) is 0. The average Bonchev–Trinajstić information content (AvgIpc) is 3.67. The number of hydrogen-bond donors (Lipinski definition) is 2. The molecule has 0 amide bonds. The second-order valence-corrected chi connectivity index (χ2v) is 15.6. The van der Waals surface area contributed by atoms with Crippen LogP contribution in [0.4, 0.5) is 0 Å². The molecule has 2 N–H and O–H groups in total. The molecule has 12 rings (SSSR count). The van der Waals surface area contributed by atoms with Crippen molar-refractivity contribution < 1.29 is 4.42 Å². The zero-order valence-electron chi connectivity index (χ0n) is 32.1. The number of aliphatic imine (C=N–C) groups is 1. The molecule has 1 aliphatic rings. The van der Waals surface area contributed by atoms with Crippen LogP contribution < -0.4 is 10.6 Å². The summed E-state index contributed by atoms with van der Waals surface area (Å²) < 4.78 is 6.80. The SMILES string of the molecule is c1ccc(C2=NC(c3cc(-c4ccc(-c5ccc6ccc7ccccc7c6c5)cc4)c4c(c3)oc3cc5ccccc5cc34)NC(c3ccc4ccccc4c3)N2)cc1. The first kappa shape index (κ1) is 33.6. The number of amidine groups is 1. The molecule has 0 radical (unpaired) electrons. The topological polar surface area (TPSA) is 49.6 Å². The molecule has 0 saturated carbocycles. The average molecular weight is 756 g/mol. The minimum Gasteiger partial charge on any atom is -0.456 e. The van der Waals surface area contributed by atoms with E-state index < -0.39 is 0 Å². The quantitative estimate of drug-likeness (QED) is 0.172. The van der Waals surface area contributed by atoms with Crippen LogP contribution in [-0.2, 0) is 0 Å². The van der Waals surface area contributed by atoms with Crippen LogP contribution in [0.25, 0.3) is 87.3 Å². The molecule has 0 spiro atoms. The molecule has 59 heavy (non-hydrogen) atoms. The Hall–Kier alpha value is -7.53. The fourth-order valence-electron chi connectivity index (χ4n) is 9.05. The molecule has 1 aromatic heterocycles. The van der Waals surface area contributed by atoms with Crippen LogP contribution in [0.15, 0.2) is 210 Å². The van der Waals surface area contributed by atoms with Gasteiger partial charge in [0.15, 0.2) is 0 Å². The van der Waals surface area contributed by atoms with Gasteiger partial charge >= 0.3 is 0 Å². The maximum Gasteiger partial charge on any atom is 0.136 e. The van der Waals surface area contributed by atoms with Crippen molar-refractivity contribution in [3.63, 3.8) is 0 Å². The van der Waals surface area contributed by atoms with Gasteiger partial charge in [0.25, 0.3) is 0 Å². The highest BCUT2D eigenvalue weighted by molar-refractivity contribution is 6.16. The summed E-state index contributed by atoms with van der Waals surface area (Å²) in [6, 6.07) is 71.9. The van der Waals surface area contributed by atoms with E-state index in [9.17, 15) is 0 Å². The second kappa shape index (κ2) is 13.6. The van der Waals surface area contributed by atoms with Crippen LogP contribution in [0.3, 0.4) is 0 Å². The monoisotopic (exact) mass is 755 g/mol. The molecular formula is C55H37N3O. The van der Waals surface area contributed by atoms with E-state index in [0.29, 0.717) is 0 Å². The molecule has 0 saturated heterocycles. The molecule has 2 heterocycles. The Morgan fingerprint density at radius 2 is 1.02 bits per heavy atom. The first-order valence-electron chi connectivity index (χ1n) is 20.2. The first-order chi connectivity index (χ1) is 29.2. The minimum atomic E-state index is -0.356. The van der Waals surface area contributed by atoms with Gasteiger partial charge in [0, 0.05) is 16.3 Å². The van der Waals surface area contributed by atoms with E-state index in [1.807, 2.05) is 6.07 Å².